The van der Waals surface area contributed by atoms with Gasteiger partial charge in [0.15, 0.2) is 0 Å². The molecule has 23 heavy (non-hydrogen) atoms. The minimum Gasteiger partial charge on any atom is -0.378 e. The number of benzene rings is 2. The van der Waals surface area contributed by atoms with E-state index < -0.39 is 0 Å². The third kappa shape index (κ3) is 3.40. The second kappa shape index (κ2) is 6.36. The summed E-state index contributed by atoms with van der Waals surface area (Å²) >= 11 is 0. The molecule has 2 N–H and O–H groups in total. The maximum absolute atomic E-state index is 12.3. The van der Waals surface area contributed by atoms with Gasteiger partial charge in [0, 0.05) is 49.0 Å². The lowest BCUT2D eigenvalue weighted by Crippen LogP contribution is -2.13. The molecule has 116 valence electrons. The molecule has 0 saturated carbocycles. The molecule has 0 aliphatic carbocycles. The number of carbonyl (C=O) groups excluding carboxylic acids is 1. The third-order valence-corrected chi connectivity index (χ3v) is 3.54. The Morgan fingerprint density at radius 3 is 2.57 bits per heavy atom. The van der Waals surface area contributed by atoms with Gasteiger partial charge in [0.1, 0.15) is 5.82 Å². The van der Waals surface area contributed by atoms with Crippen molar-refractivity contribution < 1.29 is 4.79 Å². The van der Waals surface area contributed by atoms with Crippen LogP contribution in [0, 0.1) is 0 Å². The summed E-state index contributed by atoms with van der Waals surface area (Å²) in [6, 6.07) is 15.1. The van der Waals surface area contributed by atoms with E-state index in [1.54, 1.807) is 12.4 Å². The van der Waals surface area contributed by atoms with E-state index in [1.807, 2.05) is 67.5 Å². The molecule has 1 heterocycles. The number of nitrogens with zero attached hydrogens (tertiary/aromatic N) is 2. The number of aromatic amines is 1. The molecule has 5 heteroatoms. The number of H-pyrrole nitrogens is 1. The van der Waals surface area contributed by atoms with Crippen LogP contribution in [0.2, 0.25) is 0 Å². The first-order chi connectivity index (χ1) is 11.1. The van der Waals surface area contributed by atoms with Gasteiger partial charge in [-0.2, -0.15) is 0 Å². The maximum Gasteiger partial charge on any atom is 0.255 e. The summed E-state index contributed by atoms with van der Waals surface area (Å²) in [5.74, 6) is 0.642. The molecule has 0 fully saturated rings. The predicted octanol–water partition coefficient (Wildman–Crippen LogP) is 3.40. The molecule has 0 spiro atoms. The lowest BCUT2D eigenvalue weighted by atomic mass is 10.1. The summed E-state index contributed by atoms with van der Waals surface area (Å²) in [5, 5.41) is 2.92. The third-order valence-electron chi connectivity index (χ3n) is 3.54. The fraction of sp³-hybridized carbons (Fsp3) is 0.111. The zero-order chi connectivity index (χ0) is 16.2. The average Bonchev–Trinajstić information content (AvgIpc) is 3.10. The Morgan fingerprint density at radius 1 is 1.13 bits per heavy atom. The Labute approximate surface area is 135 Å². The lowest BCUT2D eigenvalue weighted by molar-refractivity contribution is 0.102. The van der Waals surface area contributed by atoms with Crippen molar-refractivity contribution in [3.05, 3.63) is 66.5 Å². The molecule has 0 radical (unpaired) electrons. The van der Waals surface area contributed by atoms with Crippen molar-refractivity contribution in [2.75, 3.05) is 24.3 Å². The number of anilines is 2. The molecular weight excluding hydrogens is 288 g/mol. The first-order valence-corrected chi connectivity index (χ1v) is 7.32. The molecule has 1 amide bonds. The Balaban J connectivity index is 1.76. The van der Waals surface area contributed by atoms with Gasteiger partial charge in [-0.15, -0.1) is 0 Å². The Bertz CT molecular complexity index is 792. The Morgan fingerprint density at radius 2 is 1.91 bits per heavy atom. The normalized spacial score (nSPS) is 10.3. The van der Waals surface area contributed by atoms with Gasteiger partial charge in [0.05, 0.1) is 0 Å². The van der Waals surface area contributed by atoms with Crippen molar-refractivity contribution in [2.45, 2.75) is 0 Å². The minimum absolute atomic E-state index is 0.132. The van der Waals surface area contributed by atoms with E-state index in [0.29, 0.717) is 5.56 Å². The summed E-state index contributed by atoms with van der Waals surface area (Å²) in [4.78, 5) is 21.6. The molecule has 2 aromatic carbocycles. The van der Waals surface area contributed by atoms with Crippen molar-refractivity contribution in [1.29, 1.82) is 0 Å². The first-order valence-electron chi connectivity index (χ1n) is 7.32. The topological polar surface area (TPSA) is 61.0 Å². The fourth-order valence-electron chi connectivity index (χ4n) is 2.28. The number of hydrogen-bond acceptors (Lipinski definition) is 3. The molecule has 0 saturated heterocycles. The average molecular weight is 306 g/mol. The van der Waals surface area contributed by atoms with Gasteiger partial charge in [0.2, 0.25) is 0 Å². The highest BCUT2D eigenvalue weighted by Crippen LogP contribution is 2.20. The SMILES string of the molecule is CN(C)c1ccc(C(=O)Nc2cccc(-c3ncc[nH]3)c2)cc1. The van der Waals surface area contributed by atoms with E-state index in [4.69, 9.17) is 0 Å². The number of nitrogens with one attached hydrogen (secondary N) is 2. The highest BCUT2D eigenvalue weighted by Gasteiger charge is 2.08. The van der Waals surface area contributed by atoms with Gasteiger partial charge in [-0.05, 0) is 36.4 Å². The molecule has 0 bridgehead atoms. The lowest BCUT2D eigenvalue weighted by Gasteiger charge is -2.12. The van der Waals surface area contributed by atoms with Crippen LogP contribution in [0.5, 0.6) is 0 Å². The van der Waals surface area contributed by atoms with Crippen LogP contribution in [0.1, 0.15) is 10.4 Å². The van der Waals surface area contributed by atoms with Crippen molar-refractivity contribution >= 4 is 17.3 Å². The van der Waals surface area contributed by atoms with Crippen LogP contribution in [0.4, 0.5) is 11.4 Å². The first kappa shape index (κ1) is 14.8. The quantitative estimate of drug-likeness (QED) is 0.776. The van der Waals surface area contributed by atoms with Crippen LogP contribution in [-0.2, 0) is 0 Å². The van der Waals surface area contributed by atoms with E-state index in [2.05, 4.69) is 15.3 Å². The molecule has 0 atom stereocenters. The van der Waals surface area contributed by atoms with Crippen LogP contribution in [0.25, 0.3) is 11.4 Å². The number of amides is 1. The van der Waals surface area contributed by atoms with E-state index in [1.165, 1.54) is 0 Å². The van der Waals surface area contributed by atoms with Crippen LogP contribution in [-0.4, -0.2) is 30.0 Å². The standard InChI is InChI=1S/C18H18N4O/c1-22(2)16-8-6-13(7-9-16)18(23)21-15-5-3-4-14(12-15)17-19-10-11-20-17/h3-12H,1-2H3,(H,19,20)(H,21,23). The molecule has 1 aromatic heterocycles. The van der Waals surface area contributed by atoms with Gasteiger partial charge >= 0.3 is 0 Å². The molecule has 3 rings (SSSR count). The predicted molar refractivity (Wildman–Crippen MR) is 92.7 cm³/mol. The fourth-order valence-corrected chi connectivity index (χ4v) is 2.28. The Kier molecular flexibility index (Phi) is 4.10. The van der Waals surface area contributed by atoms with Gasteiger partial charge in [0.25, 0.3) is 5.91 Å². The number of hydrogen-bond donors (Lipinski definition) is 2. The summed E-state index contributed by atoms with van der Waals surface area (Å²) in [5.41, 5.74) is 3.34. The van der Waals surface area contributed by atoms with E-state index >= 15 is 0 Å². The van der Waals surface area contributed by atoms with Crippen LogP contribution < -0.4 is 10.2 Å². The summed E-state index contributed by atoms with van der Waals surface area (Å²) in [6.07, 6.45) is 3.47. The Hall–Kier alpha value is -3.08. The number of imidazole rings is 1. The van der Waals surface area contributed by atoms with Gasteiger partial charge in [-0.25, -0.2) is 4.98 Å². The highest BCUT2D eigenvalue weighted by atomic mass is 16.1. The number of carbonyl (C=O) groups is 1. The second-order valence-electron chi connectivity index (χ2n) is 5.41. The molecule has 5 nitrogen and oxygen atoms in total. The van der Waals surface area contributed by atoms with Gasteiger partial charge in [-0.3, -0.25) is 4.79 Å². The smallest absolute Gasteiger partial charge is 0.255 e. The molecule has 0 aliphatic heterocycles. The van der Waals surface area contributed by atoms with Crippen LogP contribution in [0.3, 0.4) is 0 Å². The second-order valence-corrected chi connectivity index (χ2v) is 5.41. The van der Waals surface area contributed by atoms with E-state index in [0.717, 1.165) is 22.8 Å². The van der Waals surface area contributed by atoms with Crippen LogP contribution >= 0.6 is 0 Å². The molecule has 0 aliphatic rings. The van der Waals surface area contributed by atoms with Crippen molar-refractivity contribution in [2.24, 2.45) is 0 Å². The molecule has 3 aromatic rings. The zero-order valence-corrected chi connectivity index (χ0v) is 13.1. The summed E-state index contributed by atoms with van der Waals surface area (Å²) in [6.45, 7) is 0. The highest BCUT2D eigenvalue weighted by molar-refractivity contribution is 6.04. The van der Waals surface area contributed by atoms with E-state index in [9.17, 15) is 4.79 Å². The number of aromatic nitrogens is 2. The maximum atomic E-state index is 12.3. The summed E-state index contributed by atoms with van der Waals surface area (Å²) in [7, 11) is 3.93. The minimum atomic E-state index is -0.132. The van der Waals surface area contributed by atoms with Crippen molar-refractivity contribution in [1.82, 2.24) is 9.97 Å². The monoisotopic (exact) mass is 306 g/mol. The number of rotatable bonds is 4. The summed E-state index contributed by atoms with van der Waals surface area (Å²) < 4.78 is 0. The van der Waals surface area contributed by atoms with Gasteiger partial charge in [-0.1, -0.05) is 12.1 Å². The van der Waals surface area contributed by atoms with Crippen LogP contribution in [0.15, 0.2) is 60.9 Å². The van der Waals surface area contributed by atoms with Crippen molar-refractivity contribution in [3.63, 3.8) is 0 Å². The zero-order valence-electron chi connectivity index (χ0n) is 13.1. The van der Waals surface area contributed by atoms with E-state index in [-0.39, 0.29) is 5.91 Å². The van der Waals surface area contributed by atoms with Crippen molar-refractivity contribution in [3.8, 4) is 11.4 Å². The molecule has 0 unspecified atom stereocenters. The van der Waals surface area contributed by atoms with Gasteiger partial charge < -0.3 is 15.2 Å². The molecular formula is C18H18N4O. The largest absolute Gasteiger partial charge is 0.378 e.